The molecule has 0 saturated heterocycles. The van der Waals surface area contributed by atoms with Crippen LogP contribution in [-0.4, -0.2) is 15.7 Å². The number of rotatable bonds is 5. The minimum absolute atomic E-state index is 0.419. The summed E-state index contributed by atoms with van der Waals surface area (Å²) >= 11 is 14.4. The SMILES string of the molecule is CCCSCc1nc(Cl)c(-c2cccc(C)c2)c(Cl)n1. The van der Waals surface area contributed by atoms with Gasteiger partial charge in [0.25, 0.3) is 0 Å². The number of hydrogen-bond acceptors (Lipinski definition) is 3. The number of thioether (sulfide) groups is 1. The van der Waals surface area contributed by atoms with Gasteiger partial charge in [-0.1, -0.05) is 60.0 Å². The Labute approximate surface area is 133 Å². The van der Waals surface area contributed by atoms with E-state index < -0.39 is 0 Å². The summed E-state index contributed by atoms with van der Waals surface area (Å²) in [6.45, 7) is 4.18. The van der Waals surface area contributed by atoms with Crippen molar-refractivity contribution in [1.29, 1.82) is 0 Å². The normalized spacial score (nSPS) is 10.8. The Morgan fingerprint density at radius 3 is 2.45 bits per heavy atom. The van der Waals surface area contributed by atoms with Crippen molar-refractivity contribution in [2.75, 3.05) is 5.75 Å². The van der Waals surface area contributed by atoms with Gasteiger partial charge in [0, 0.05) is 0 Å². The Bertz CT molecular complexity index is 579. The third-order valence-electron chi connectivity index (χ3n) is 2.75. The van der Waals surface area contributed by atoms with E-state index in [1.165, 1.54) is 0 Å². The fourth-order valence-corrected chi connectivity index (χ4v) is 3.25. The van der Waals surface area contributed by atoms with Crippen molar-refractivity contribution in [3.8, 4) is 11.1 Å². The molecule has 2 nitrogen and oxygen atoms in total. The smallest absolute Gasteiger partial charge is 0.142 e. The lowest BCUT2D eigenvalue weighted by Crippen LogP contribution is -1.97. The first-order valence-corrected chi connectivity index (χ1v) is 8.39. The largest absolute Gasteiger partial charge is 0.220 e. The van der Waals surface area contributed by atoms with Gasteiger partial charge in [0.1, 0.15) is 16.1 Å². The minimum Gasteiger partial charge on any atom is -0.220 e. The first kappa shape index (κ1) is 15.6. The van der Waals surface area contributed by atoms with E-state index in [1.54, 1.807) is 11.8 Å². The highest BCUT2D eigenvalue weighted by Crippen LogP contribution is 2.33. The van der Waals surface area contributed by atoms with Crippen LogP contribution in [0.25, 0.3) is 11.1 Å². The molecule has 0 bridgehead atoms. The molecule has 0 saturated carbocycles. The van der Waals surface area contributed by atoms with Crippen LogP contribution in [0.2, 0.25) is 10.3 Å². The Balaban J connectivity index is 2.31. The predicted molar refractivity (Wildman–Crippen MR) is 88.7 cm³/mol. The van der Waals surface area contributed by atoms with Gasteiger partial charge in [-0.25, -0.2) is 9.97 Å². The molecule has 5 heteroatoms. The summed E-state index contributed by atoms with van der Waals surface area (Å²) in [6, 6.07) is 8.00. The summed E-state index contributed by atoms with van der Waals surface area (Å²) in [7, 11) is 0. The molecule has 1 heterocycles. The van der Waals surface area contributed by atoms with Crippen molar-refractivity contribution in [3.05, 3.63) is 46.0 Å². The molecular formula is C15H16Cl2N2S. The Hall–Kier alpha value is -0.770. The van der Waals surface area contributed by atoms with Crippen LogP contribution in [0, 0.1) is 6.92 Å². The zero-order chi connectivity index (χ0) is 14.5. The number of aromatic nitrogens is 2. The summed E-state index contributed by atoms with van der Waals surface area (Å²) in [5.41, 5.74) is 2.81. The molecule has 0 radical (unpaired) electrons. The molecule has 1 aromatic carbocycles. The molecule has 0 aliphatic rings. The van der Waals surface area contributed by atoms with Gasteiger partial charge in [-0.2, -0.15) is 11.8 Å². The third kappa shape index (κ3) is 3.87. The molecule has 2 aromatic rings. The Kier molecular flexibility index (Phi) is 5.70. The summed E-state index contributed by atoms with van der Waals surface area (Å²) < 4.78 is 0. The second-order valence-electron chi connectivity index (χ2n) is 4.52. The van der Waals surface area contributed by atoms with Gasteiger partial charge in [-0.3, -0.25) is 0 Å². The van der Waals surface area contributed by atoms with Crippen LogP contribution in [0.1, 0.15) is 24.7 Å². The average molecular weight is 327 g/mol. The molecule has 0 N–H and O–H groups in total. The van der Waals surface area contributed by atoms with Crippen molar-refractivity contribution in [2.24, 2.45) is 0 Å². The maximum atomic E-state index is 6.29. The van der Waals surface area contributed by atoms with Crippen LogP contribution in [0.15, 0.2) is 24.3 Å². The van der Waals surface area contributed by atoms with Crippen LogP contribution < -0.4 is 0 Å². The second-order valence-corrected chi connectivity index (χ2v) is 6.34. The van der Waals surface area contributed by atoms with Crippen molar-refractivity contribution >= 4 is 35.0 Å². The van der Waals surface area contributed by atoms with Gasteiger partial charge in [-0.05, 0) is 24.7 Å². The van der Waals surface area contributed by atoms with Gasteiger partial charge in [-0.15, -0.1) is 0 Å². The molecule has 0 unspecified atom stereocenters. The molecule has 0 fully saturated rings. The number of halogens is 2. The van der Waals surface area contributed by atoms with Gasteiger partial charge in [0.15, 0.2) is 0 Å². The van der Waals surface area contributed by atoms with E-state index >= 15 is 0 Å². The lowest BCUT2D eigenvalue weighted by Gasteiger charge is -2.09. The number of aryl methyl sites for hydroxylation is 1. The van der Waals surface area contributed by atoms with Crippen molar-refractivity contribution in [3.63, 3.8) is 0 Å². The second kappa shape index (κ2) is 7.30. The van der Waals surface area contributed by atoms with Gasteiger partial charge < -0.3 is 0 Å². The van der Waals surface area contributed by atoms with Crippen molar-refractivity contribution < 1.29 is 0 Å². The molecule has 2 rings (SSSR count). The van der Waals surface area contributed by atoms with Gasteiger partial charge in [0.05, 0.1) is 11.3 Å². The minimum atomic E-state index is 0.419. The maximum absolute atomic E-state index is 6.29. The van der Waals surface area contributed by atoms with E-state index in [4.69, 9.17) is 23.2 Å². The van der Waals surface area contributed by atoms with E-state index in [-0.39, 0.29) is 0 Å². The van der Waals surface area contributed by atoms with E-state index in [2.05, 4.69) is 16.9 Å². The Morgan fingerprint density at radius 1 is 1.15 bits per heavy atom. The number of hydrogen-bond donors (Lipinski definition) is 0. The van der Waals surface area contributed by atoms with Gasteiger partial charge in [0.2, 0.25) is 0 Å². The molecule has 0 spiro atoms. The fourth-order valence-electron chi connectivity index (χ4n) is 1.86. The van der Waals surface area contributed by atoms with Crippen LogP contribution >= 0.6 is 35.0 Å². The van der Waals surface area contributed by atoms with E-state index in [0.29, 0.717) is 21.7 Å². The highest BCUT2D eigenvalue weighted by atomic mass is 35.5. The summed E-state index contributed by atoms with van der Waals surface area (Å²) in [4.78, 5) is 8.72. The molecule has 0 aliphatic heterocycles. The summed E-state index contributed by atoms with van der Waals surface area (Å²) in [6.07, 6.45) is 1.13. The van der Waals surface area contributed by atoms with E-state index in [9.17, 15) is 0 Å². The monoisotopic (exact) mass is 326 g/mol. The number of benzene rings is 1. The van der Waals surface area contributed by atoms with Crippen LogP contribution in [-0.2, 0) is 5.75 Å². The molecule has 0 atom stereocenters. The topological polar surface area (TPSA) is 25.8 Å². The maximum Gasteiger partial charge on any atom is 0.142 e. The first-order valence-electron chi connectivity index (χ1n) is 6.48. The molecular weight excluding hydrogens is 311 g/mol. The summed E-state index contributed by atoms with van der Waals surface area (Å²) in [5, 5.41) is 0.838. The molecule has 106 valence electrons. The van der Waals surface area contributed by atoms with Crippen molar-refractivity contribution in [2.45, 2.75) is 26.0 Å². The molecule has 0 aliphatic carbocycles. The molecule has 0 amide bonds. The number of nitrogens with zero attached hydrogens (tertiary/aromatic N) is 2. The highest BCUT2D eigenvalue weighted by Gasteiger charge is 2.13. The van der Waals surface area contributed by atoms with Crippen LogP contribution in [0.5, 0.6) is 0 Å². The lowest BCUT2D eigenvalue weighted by molar-refractivity contribution is 1.03. The standard InChI is InChI=1S/C15H16Cl2N2S/c1-3-7-20-9-12-18-14(16)13(15(17)19-12)11-6-4-5-10(2)8-11/h4-6,8H,3,7,9H2,1-2H3. The van der Waals surface area contributed by atoms with Gasteiger partial charge >= 0.3 is 0 Å². The quantitative estimate of drug-likeness (QED) is 0.543. The summed E-state index contributed by atoms with van der Waals surface area (Å²) in [5.74, 6) is 2.51. The van der Waals surface area contributed by atoms with Crippen LogP contribution in [0.4, 0.5) is 0 Å². The molecule has 1 aromatic heterocycles. The zero-order valence-corrected chi connectivity index (χ0v) is 13.8. The lowest BCUT2D eigenvalue weighted by atomic mass is 10.1. The molecule has 20 heavy (non-hydrogen) atoms. The first-order chi connectivity index (χ1) is 9.61. The van der Waals surface area contributed by atoms with E-state index in [1.807, 2.05) is 31.2 Å². The predicted octanol–water partition coefficient (Wildman–Crippen LogP) is 5.40. The fraction of sp³-hybridized carbons (Fsp3) is 0.333. The van der Waals surface area contributed by atoms with Crippen LogP contribution in [0.3, 0.4) is 0 Å². The highest BCUT2D eigenvalue weighted by molar-refractivity contribution is 7.98. The Morgan fingerprint density at radius 2 is 1.85 bits per heavy atom. The average Bonchev–Trinajstić information content (AvgIpc) is 2.38. The van der Waals surface area contributed by atoms with E-state index in [0.717, 1.165) is 29.1 Å². The zero-order valence-electron chi connectivity index (χ0n) is 11.5. The van der Waals surface area contributed by atoms with Crippen molar-refractivity contribution in [1.82, 2.24) is 9.97 Å². The third-order valence-corrected chi connectivity index (χ3v) is 4.46.